The van der Waals surface area contributed by atoms with Crippen molar-refractivity contribution in [3.8, 4) is 0 Å². The average molecular weight is 145 g/mol. The van der Waals surface area contributed by atoms with Crippen LogP contribution in [0.1, 0.15) is 6.92 Å². The molecule has 2 atom stereocenters. The number of hydrogen-bond acceptors (Lipinski definition) is 3. The Kier molecular flexibility index (Phi) is 2.03. The van der Waals surface area contributed by atoms with Crippen LogP contribution in [0.25, 0.3) is 0 Å². The number of aliphatic hydroxyl groups excluding tert-OH is 1. The second kappa shape index (κ2) is 2.62. The Morgan fingerprint density at radius 3 is 2.67 bits per heavy atom. The fourth-order valence-electron chi connectivity index (χ4n) is 0.846. The monoisotopic (exact) mass is 145 g/mol. The van der Waals surface area contributed by atoms with Crippen LogP contribution in [0.4, 0.5) is 0 Å². The first-order valence-electron chi connectivity index (χ1n) is 2.94. The van der Waals surface area contributed by atoms with Gasteiger partial charge >= 0.3 is 0 Å². The van der Waals surface area contributed by atoms with Crippen molar-refractivity contribution in [1.82, 2.24) is 4.90 Å². The minimum Gasteiger partial charge on any atom is -0.390 e. The van der Waals surface area contributed by atoms with Gasteiger partial charge in [0.1, 0.15) is 5.37 Å². The summed E-state index contributed by atoms with van der Waals surface area (Å²) in [5.74, 6) is 0. The maximum atomic E-state index is 9.12. The molecule has 0 amide bonds. The summed E-state index contributed by atoms with van der Waals surface area (Å²) < 4.78 is 0. The van der Waals surface area contributed by atoms with Gasteiger partial charge in [-0.1, -0.05) is 0 Å². The summed E-state index contributed by atoms with van der Waals surface area (Å²) in [5, 5.41) is 11.3. The standard InChI is InChI=1S/C6H11NOS/c1-5(8)6-7(2)3-4-9-6/h3-6,8H,1-2H3/t5-,6+/m1/s1. The molecule has 0 aliphatic carbocycles. The zero-order valence-electron chi connectivity index (χ0n) is 5.61. The molecule has 0 radical (unpaired) electrons. The van der Waals surface area contributed by atoms with Crippen LogP contribution >= 0.6 is 11.8 Å². The number of likely N-dealkylation sites (N-methyl/N-ethyl adjacent to an activating group) is 1. The maximum Gasteiger partial charge on any atom is 0.104 e. The minimum atomic E-state index is -0.255. The molecule has 0 aromatic rings. The average Bonchev–Trinajstić information content (AvgIpc) is 2.13. The Labute approximate surface area is 59.5 Å². The molecule has 1 rings (SSSR count). The van der Waals surface area contributed by atoms with Crippen LogP contribution < -0.4 is 0 Å². The lowest BCUT2D eigenvalue weighted by Crippen LogP contribution is -2.30. The van der Waals surface area contributed by atoms with E-state index in [0.29, 0.717) is 0 Å². The smallest absolute Gasteiger partial charge is 0.104 e. The fourth-order valence-corrected chi connectivity index (χ4v) is 1.76. The van der Waals surface area contributed by atoms with Gasteiger partial charge in [0.05, 0.1) is 6.10 Å². The fraction of sp³-hybridized carbons (Fsp3) is 0.667. The molecule has 1 aliphatic rings. The molecular formula is C6H11NOS. The number of aliphatic hydroxyl groups is 1. The predicted molar refractivity (Wildman–Crippen MR) is 40.0 cm³/mol. The Balaban J connectivity index is 2.45. The lowest BCUT2D eigenvalue weighted by molar-refractivity contribution is 0.147. The Hall–Kier alpha value is -0.150. The molecule has 0 unspecified atom stereocenters. The van der Waals surface area contributed by atoms with Gasteiger partial charge in [0.25, 0.3) is 0 Å². The summed E-state index contributed by atoms with van der Waals surface area (Å²) in [4.78, 5) is 2.01. The first-order valence-corrected chi connectivity index (χ1v) is 3.88. The largest absolute Gasteiger partial charge is 0.390 e. The van der Waals surface area contributed by atoms with Crippen molar-refractivity contribution in [2.24, 2.45) is 0 Å². The summed E-state index contributed by atoms with van der Waals surface area (Å²) in [6.07, 6.45) is 1.72. The molecular weight excluding hydrogens is 134 g/mol. The summed E-state index contributed by atoms with van der Waals surface area (Å²) >= 11 is 1.65. The molecule has 9 heavy (non-hydrogen) atoms. The number of rotatable bonds is 1. The van der Waals surface area contributed by atoms with E-state index in [1.54, 1.807) is 18.7 Å². The highest BCUT2D eigenvalue weighted by atomic mass is 32.2. The van der Waals surface area contributed by atoms with E-state index in [1.165, 1.54) is 0 Å². The van der Waals surface area contributed by atoms with Crippen molar-refractivity contribution >= 4 is 11.8 Å². The first kappa shape index (κ1) is 6.96. The van der Waals surface area contributed by atoms with Crippen molar-refractivity contribution in [1.29, 1.82) is 0 Å². The van der Waals surface area contributed by atoms with Crippen molar-refractivity contribution in [2.75, 3.05) is 7.05 Å². The maximum absolute atomic E-state index is 9.12. The van der Waals surface area contributed by atoms with Gasteiger partial charge in [-0.25, -0.2) is 0 Å². The third kappa shape index (κ3) is 1.40. The predicted octanol–water partition coefficient (Wildman–Crippen LogP) is 0.843. The van der Waals surface area contributed by atoms with E-state index in [2.05, 4.69) is 0 Å². The zero-order chi connectivity index (χ0) is 6.85. The Morgan fingerprint density at radius 2 is 2.44 bits per heavy atom. The summed E-state index contributed by atoms with van der Waals surface area (Å²) in [6.45, 7) is 1.81. The van der Waals surface area contributed by atoms with E-state index in [-0.39, 0.29) is 11.5 Å². The van der Waals surface area contributed by atoms with E-state index in [4.69, 9.17) is 5.11 Å². The van der Waals surface area contributed by atoms with E-state index in [0.717, 1.165) is 0 Å². The van der Waals surface area contributed by atoms with E-state index in [9.17, 15) is 0 Å². The number of hydrogen-bond donors (Lipinski definition) is 1. The van der Waals surface area contributed by atoms with Gasteiger partial charge in [0.15, 0.2) is 0 Å². The first-order chi connectivity index (χ1) is 4.22. The van der Waals surface area contributed by atoms with Crippen LogP contribution in [0.15, 0.2) is 11.6 Å². The van der Waals surface area contributed by atoms with E-state index >= 15 is 0 Å². The van der Waals surface area contributed by atoms with Gasteiger partial charge < -0.3 is 10.0 Å². The van der Waals surface area contributed by atoms with Gasteiger partial charge in [-0.3, -0.25) is 0 Å². The van der Waals surface area contributed by atoms with Gasteiger partial charge in [-0.05, 0) is 12.3 Å². The third-order valence-corrected chi connectivity index (χ3v) is 2.61. The molecule has 0 saturated carbocycles. The van der Waals surface area contributed by atoms with Crippen molar-refractivity contribution in [2.45, 2.75) is 18.4 Å². The third-order valence-electron chi connectivity index (χ3n) is 1.33. The highest BCUT2D eigenvalue weighted by Crippen LogP contribution is 2.25. The molecule has 0 spiro atoms. The molecule has 2 nitrogen and oxygen atoms in total. The summed E-state index contributed by atoms with van der Waals surface area (Å²) in [5.41, 5.74) is 0. The van der Waals surface area contributed by atoms with Crippen LogP contribution in [0.2, 0.25) is 0 Å². The van der Waals surface area contributed by atoms with Crippen molar-refractivity contribution in [3.05, 3.63) is 11.6 Å². The molecule has 0 bridgehead atoms. The second-order valence-corrected chi connectivity index (χ2v) is 3.25. The SMILES string of the molecule is C[C@@H](O)[C@@H]1SC=CN1C. The molecule has 1 N–H and O–H groups in total. The number of thioether (sulfide) groups is 1. The normalized spacial score (nSPS) is 29.2. The Bertz CT molecular complexity index is 124. The lowest BCUT2D eigenvalue weighted by Gasteiger charge is -2.21. The molecule has 52 valence electrons. The quantitative estimate of drug-likeness (QED) is 0.591. The minimum absolute atomic E-state index is 0.227. The van der Waals surface area contributed by atoms with Crippen LogP contribution in [-0.2, 0) is 0 Å². The topological polar surface area (TPSA) is 23.5 Å². The molecule has 1 heterocycles. The van der Waals surface area contributed by atoms with E-state index < -0.39 is 0 Å². The van der Waals surface area contributed by atoms with Crippen LogP contribution in [0.3, 0.4) is 0 Å². The van der Waals surface area contributed by atoms with Crippen LogP contribution in [-0.4, -0.2) is 28.5 Å². The van der Waals surface area contributed by atoms with Crippen molar-refractivity contribution in [3.63, 3.8) is 0 Å². The van der Waals surface area contributed by atoms with Crippen molar-refractivity contribution < 1.29 is 5.11 Å². The molecule has 0 fully saturated rings. The highest BCUT2D eigenvalue weighted by molar-refractivity contribution is 8.02. The van der Waals surface area contributed by atoms with Gasteiger partial charge in [0.2, 0.25) is 0 Å². The lowest BCUT2D eigenvalue weighted by atomic mass is 10.4. The van der Waals surface area contributed by atoms with E-state index in [1.807, 2.05) is 23.6 Å². The second-order valence-electron chi connectivity index (χ2n) is 2.22. The highest BCUT2D eigenvalue weighted by Gasteiger charge is 2.20. The molecule has 0 saturated heterocycles. The summed E-state index contributed by atoms with van der Waals surface area (Å²) in [7, 11) is 1.97. The molecule has 0 aromatic heterocycles. The van der Waals surface area contributed by atoms with Gasteiger partial charge in [0, 0.05) is 13.2 Å². The Morgan fingerprint density at radius 1 is 1.78 bits per heavy atom. The van der Waals surface area contributed by atoms with Gasteiger partial charge in [-0.15, -0.1) is 11.8 Å². The summed E-state index contributed by atoms with van der Waals surface area (Å²) in [6, 6.07) is 0. The van der Waals surface area contributed by atoms with Gasteiger partial charge in [-0.2, -0.15) is 0 Å². The van der Waals surface area contributed by atoms with Crippen LogP contribution in [0, 0.1) is 0 Å². The molecule has 0 aromatic carbocycles. The zero-order valence-corrected chi connectivity index (χ0v) is 6.43. The number of nitrogens with zero attached hydrogens (tertiary/aromatic N) is 1. The molecule has 1 aliphatic heterocycles. The van der Waals surface area contributed by atoms with Crippen LogP contribution in [0.5, 0.6) is 0 Å². The molecule has 3 heteroatoms.